The van der Waals surface area contributed by atoms with Gasteiger partial charge in [0.1, 0.15) is 11.5 Å². The molecule has 0 aromatic carbocycles. The highest BCUT2D eigenvalue weighted by Crippen LogP contribution is 2.20. The van der Waals surface area contributed by atoms with Gasteiger partial charge in [-0.05, 0) is 31.9 Å². The number of ether oxygens (including phenoxy) is 1. The third-order valence-corrected chi connectivity index (χ3v) is 3.03. The van der Waals surface area contributed by atoms with Gasteiger partial charge < -0.3 is 14.5 Å². The third-order valence-electron chi connectivity index (χ3n) is 3.03. The molecule has 1 aromatic heterocycles. The first kappa shape index (κ1) is 11.7. The molecule has 0 aliphatic heterocycles. The molecular formula is C13H21NO2. The van der Waals surface area contributed by atoms with Gasteiger partial charge in [-0.1, -0.05) is 12.8 Å². The highest BCUT2D eigenvalue weighted by Gasteiger charge is 2.14. The van der Waals surface area contributed by atoms with E-state index in [1.807, 2.05) is 19.1 Å². The van der Waals surface area contributed by atoms with Crippen LogP contribution in [0.2, 0.25) is 0 Å². The Balaban J connectivity index is 1.51. The maximum absolute atomic E-state index is 5.75. The zero-order chi connectivity index (χ0) is 11.2. The summed E-state index contributed by atoms with van der Waals surface area (Å²) >= 11 is 0. The van der Waals surface area contributed by atoms with E-state index in [2.05, 4.69) is 5.32 Å². The van der Waals surface area contributed by atoms with Crippen molar-refractivity contribution >= 4 is 0 Å². The largest absolute Gasteiger partial charge is 0.465 e. The molecule has 3 heteroatoms. The molecule has 1 fully saturated rings. The molecule has 0 unspecified atom stereocenters. The Hall–Kier alpha value is -0.800. The van der Waals surface area contributed by atoms with E-state index in [0.717, 1.165) is 31.2 Å². The second-order valence-electron chi connectivity index (χ2n) is 4.47. The van der Waals surface area contributed by atoms with Crippen LogP contribution in [0.15, 0.2) is 16.5 Å². The Labute approximate surface area is 97.2 Å². The monoisotopic (exact) mass is 223 g/mol. The number of nitrogens with one attached hydrogen (secondary N) is 1. The van der Waals surface area contributed by atoms with Crippen LogP contribution >= 0.6 is 0 Å². The fourth-order valence-electron chi connectivity index (χ4n) is 2.14. The molecule has 1 N–H and O–H groups in total. The second kappa shape index (κ2) is 6.06. The first-order valence-corrected chi connectivity index (χ1v) is 6.22. The number of aryl methyl sites for hydroxylation is 1. The molecule has 1 saturated carbocycles. The van der Waals surface area contributed by atoms with Crippen LogP contribution in [0.3, 0.4) is 0 Å². The zero-order valence-corrected chi connectivity index (χ0v) is 10.00. The molecule has 1 aromatic rings. The van der Waals surface area contributed by atoms with Crippen molar-refractivity contribution in [3.8, 4) is 0 Å². The SMILES string of the molecule is Cc1ccc(CNCCOC2CCCC2)o1. The van der Waals surface area contributed by atoms with Crippen LogP contribution in [-0.4, -0.2) is 19.3 Å². The van der Waals surface area contributed by atoms with Crippen molar-refractivity contribution < 1.29 is 9.15 Å². The summed E-state index contributed by atoms with van der Waals surface area (Å²) in [7, 11) is 0. The number of rotatable bonds is 6. The second-order valence-corrected chi connectivity index (χ2v) is 4.47. The van der Waals surface area contributed by atoms with Crippen LogP contribution in [-0.2, 0) is 11.3 Å². The van der Waals surface area contributed by atoms with Crippen LogP contribution in [0.1, 0.15) is 37.2 Å². The van der Waals surface area contributed by atoms with Gasteiger partial charge in [0.05, 0.1) is 19.3 Å². The van der Waals surface area contributed by atoms with Gasteiger partial charge >= 0.3 is 0 Å². The summed E-state index contributed by atoms with van der Waals surface area (Å²) in [6.07, 6.45) is 5.69. The molecule has 3 nitrogen and oxygen atoms in total. The molecule has 90 valence electrons. The molecule has 0 saturated heterocycles. The Kier molecular flexibility index (Phi) is 4.43. The number of hydrogen-bond donors (Lipinski definition) is 1. The van der Waals surface area contributed by atoms with Crippen molar-refractivity contribution in [3.63, 3.8) is 0 Å². The van der Waals surface area contributed by atoms with Crippen molar-refractivity contribution in [3.05, 3.63) is 23.7 Å². The fraction of sp³-hybridized carbons (Fsp3) is 0.692. The van der Waals surface area contributed by atoms with Crippen LogP contribution in [0, 0.1) is 6.92 Å². The van der Waals surface area contributed by atoms with E-state index in [9.17, 15) is 0 Å². The lowest BCUT2D eigenvalue weighted by atomic mass is 10.3. The van der Waals surface area contributed by atoms with Gasteiger partial charge in [0, 0.05) is 6.54 Å². The minimum atomic E-state index is 0.521. The molecule has 1 heterocycles. The predicted molar refractivity (Wildman–Crippen MR) is 63.4 cm³/mol. The highest BCUT2D eigenvalue weighted by molar-refractivity contribution is 5.04. The maximum atomic E-state index is 5.75. The molecule has 0 radical (unpaired) electrons. The standard InChI is InChI=1S/C13H21NO2/c1-11-6-7-13(16-11)10-14-8-9-15-12-4-2-3-5-12/h6-7,12,14H,2-5,8-10H2,1H3. The maximum Gasteiger partial charge on any atom is 0.117 e. The predicted octanol–water partition coefficient (Wildman–Crippen LogP) is 2.64. The van der Waals surface area contributed by atoms with Crippen LogP contribution in [0.4, 0.5) is 0 Å². The zero-order valence-electron chi connectivity index (χ0n) is 10.00. The van der Waals surface area contributed by atoms with Gasteiger partial charge in [-0.2, -0.15) is 0 Å². The minimum absolute atomic E-state index is 0.521. The Morgan fingerprint density at radius 2 is 2.19 bits per heavy atom. The average molecular weight is 223 g/mol. The molecular weight excluding hydrogens is 202 g/mol. The van der Waals surface area contributed by atoms with Crippen molar-refractivity contribution in [1.29, 1.82) is 0 Å². The topological polar surface area (TPSA) is 34.4 Å². The smallest absolute Gasteiger partial charge is 0.117 e. The van der Waals surface area contributed by atoms with Crippen molar-refractivity contribution in [1.82, 2.24) is 5.32 Å². The number of furan rings is 1. The van der Waals surface area contributed by atoms with E-state index >= 15 is 0 Å². The van der Waals surface area contributed by atoms with Gasteiger partial charge in [0.15, 0.2) is 0 Å². The highest BCUT2D eigenvalue weighted by atomic mass is 16.5. The summed E-state index contributed by atoms with van der Waals surface area (Å²) in [6.45, 7) is 4.47. The molecule has 1 aliphatic carbocycles. The first-order valence-electron chi connectivity index (χ1n) is 6.22. The van der Waals surface area contributed by atoms with E-state index in [1.54, 1.807) is 0 Å². The normalized spacial score (nSPS) is 17.1. The average Bonchev–Trinajstić information content (AvgIpc) is 2.89. The summed E-state index contributed by atoms with van der Waals surface area (Å²) in [5.41, 5.74) is 0. The molecule has 0 spiro atoms. The number of hydrogen-bond acceptors (Lipinski definition) is 3. The van der Waals surface area contributed by atoms with Gasteiger partial charge in [-0.25, -0.2) is 0 Å². The van der Waals surface area contributed by atoms with E-state index in [0.29, 0.717) is 6.10 Å². The van der Waals surface area contributed by atoms with E-state index < -0.39 is 0 Å². The molecule has 0 amide bonds. The molecule has 0 atom stereocenters. The summed E-state index contributed by atoms with van der Waals surface area (Å²) in [4.78, 5) is 0. The van der Waals surface area contributed by atoms with Gasteiger partial charge in [0.25, 0.3) is 0 Å². The fourth-order valence-corrected chi connectivity index (χ4v) is 2.14. The quantitative estimate of drug-likeness (QED) is 0.753. The molecule has 16 heavy (non-hydrogen) atoms. The van der Waals surface area contributed by atoms with Crippen LogP contribution < -0.4 is 5.32 Å². The van der Waals surface area contributed by atoms with E-state index in [-0.39, 0.29) is 0 Å². The Morgan fingerprint density at radius 3 is 2.88 bits per heavy atom. The third kappa shape index (κ3) is 3.65. The molecule has 2 rings (SSSR count). The van der Waals surface area contributed by atoms with E-state index in [1.165, 1.54) is 25.7 Å². The molecule has 1 aliphatic rings. The van der Waals surface area contributed by atoms with Gasteiger partial charge in [-0.15, -0.1) is 0 Å². The summed E-state index contributed by atoms with van der Waals surface area (Å²) < 4.78 is 11.2. The van der Waals surface area contributed by atoms with Crippen molar-refractivity contribution in [2.45, 2.75) is 45.3 Å². The lowest BCUT2D eigenvalue weighted by Gasteiger charge is -2.10. The summed E-state index contributed by atoms with van der Waals surface area (Å²) in [6, 6.07) is 4.01. The van der Waals surface area contributed by atoms with E-state index in [4.69, 9.17) is 9.15 Å². The lowest BCUT2D eigenvalue weighted by molar-refractivity contribution is 0.0601. The van der Waals surface area contributed by atoms with Crippen molar-refractivity contribution in [2.24, 2.45) is 0 Å². The van der Waals surface area contributed by atoms with Crippen LogP contribution in [0.5, 0.6) is 0 Å². The lowest BCUT2D eigenvalue weighted by Crippen LogP contribution is -2.21. The Bertz CT molecular complexity index is 303. The first-order chi connectivity index (χ1) is 7.84. The molecule has 0 bridgehead atoms. The van der Waals surface area contributed by atoms with Crippen molar-refractivity contribution in [2.75, 3.05) is 13.2 Å². The Morgan fingerprint density at radius 1 is 1.38 bits per heavy atom. The van der Waals surface area contributed by atoms with Gasteiger partial charge in [-0.3, -0.25) is 0 Å². The summed E-state index contributed by atoms with van der Waals surface area (Å²) in [5.74, 6) is 1.97. The minimum Gasteiger partial charge on any atom is -0.465 e. The van der Waals surface area contributed by atoms with Gasteiger partial charge in [0.2, 0.25) is 0 Å². The van der Waals surface area contributed by atoms with Crippen LogP contribution in [0.25, 0.3) is 0 Å². The summed E-state index contributed by atoms with van der Waals surface area (Å²) in [5, 5.41) is 3.32.